The predicted octanol–water partition coefficient (Wildman–Crippen LogP) is 0.139. The van der Waals surface area contributed by atoms with Gasteiger partial charge in [-0.1, -0.05) is 22.6 Å². The van der Waals surface area contributed by atoms with Gasteiger partial charge in [0.15, 0.2) is 5.52 Å². The highest BCUT2D eigenvalue weighted by atomic mass is 31.0. The van der Waals surface area contributed by atoms with Crippen molar-refractivity contribution in [2.75, 3.05) is 13.2 Å². The van der Waals surface area contributed by atoms with Crippen LogP contribution in [0.15, 0.2) is 0 Å². The molecule has 66 valence electrons. The second-order valence-corrected chi connectivity index (χ2v) is 3.01. The van der Waals surface area contributed by atoms with Crippen LogP contribution in [0.1, 0.15) is 19.8 Å². The fourth-order valence-corrected chi connectivity index (χ4v) is 0.931. The first kappa shape index (κ1) is 11.0. The SMILES string of the molecule is CCCCN[C@@H](CO)C(=O)P. The molecule has 0 fully saturated rings. The molecule has 0 bridgehead atoms. The van der Waals surface area contributed by atoms with Gasteiger partial charge in [-0.05, 0) is 13.0 Å². The number of unbranched alkanes of at least 4 members (excludes halogenated alkanes) is 1. The number of aliphatic hydroxyl groups excluding tert-OH is 1. The first-order chi connectivity index (χ1) is 5.22. The van der Waals surface area contributed by atoms with Crippen molar-refractivity contribution in [2.45, 2.75) is 25.8 Å². The van der Waals surface area contributed by atoms with Gasteiger partial charge in [0.1, 0.15) is 0 Å². The van der Waals surface area contributed by atoms with E-state index in [1.165, 1.54) is 0 Å². The topological polar surface area (TPSA) is 49.3 Å². The van der Waals surface area contributed by atoms with E-state index in [0.29, 0.717) is 0 Å². The van der Waals surface area contributed by atoms with Crippen LogP contribution in [0.3, 0.4) is 0 Å². The average Bonchev–Trinajstić information content (AvgIpc) is 1.97. The van der Waals surface area contributed by atoms with Crippen LogP contribution in [-0.2, 0) is 4.79 Å². The summed E-state index contributed by atoms with van der Waals surface area (Å²) in [6, 6.07) is -0.397. The molecule has 0 aliphatic rings. The molecule has 3 nitrogen and oxygen atoms in total. The molecule has 0 heterocycles. The summed E-state index contributed by atoms with van der Waals surface area (Å²) in [5.41, 5.74) is -0.0800. The van der Waals surface area contributed by atoms with Gasteiger partial charge in [-0.25, -0.2) is 0 Å². The Morgan fingerprint density at radius 2 is 2.36 bits per heavy atom. The molecule has 2 atom stereocenters. The second kappa shape index (κ2) is 6.71. The summed E-state index contributed by atoms with van der Waals surface area (Å²) in [7, 11) is 2.07. The molecule has 0 aromatic rings. The first-order valence-electron chi connectivity index (χ1n) is 3.86. The fraction of sp³-hybridized carbons (Fsp3) is 0.857. The van der Waals surface area contributed by atoms with Crippen LogP contribution in [0, 0.1) is 0 Å². The molecule has 1 unspecified atom stereocenters. The summed E-state index contributed by atoms with van der Waals surface area (Å²) in [6.07, 6.45) is 2.13. The third-order valence-corrected chi connectivity index (χ3v) is 1.85. The number of nitrogens with one attached hydrogen (secondary N) is 1. The van der Waals surface area contributed by atoms with Gasteiger partial charge in [0.2, 0.25) is 0 Å². The zero-order valence-electron chi connectivity index (χ0n) is 6.84. The zero-order valence-corrected chi connectivity index (χ0v) is 7.99. The smallest absolute Gasteiger partial charge is 0.167 e. The number of rotatable bonds is 6. The van der Waals surface area contributed by atoms with Crippen LogP contribution in [0.25, 0.3) is 0 Å². The zero-order chi connectivity index (χ0) is 8.69. The predicted molar refractivity (Wildman–Crippen MR) is 48.5 cm³/mol. The maximum Gasteiger partial charge on any atom is 0.167 e. The summed E-state index contributed by atoms with van der Waals surface area (Å²) >= 11 is 0. The molecule has 0 spiro atoms. The summed E-state index contributed by atoms with van der Waals surface area (Å²) in [5.74, 6) is 0. The number of carbonyl (C=O) groups is 1. The minimum absolute atomic E-state index is 0.0800. The van der Waals surface area contributed by atoms with Crippen LogP contribution in [-0.4, -0.2) is 29.8 Å². The van der Waals surface area contributed by atoms with E-state index in [0.717, 1.165) is 19.4 Å². The molecule has 0 aromatic heterocycles. The van der Waals surface area contributed by atoms with Gasteiger partial charge in [-0.3, -0.25) is 4.79 Å². The van der Waals surface area contributed by atoms with E-state index in [1.54, 1.807) is 0 Å². The quantitative estimate of drug-likeness (QED) is 0.448. The average molecular weight is 177 g/mol. The monoisotopic (exact) mass is 177 g/mol. The Hall–Kier alpha value is 0.0200. The van der Waals surface area contributed by atoms with Gasteiger partial charge < -0.3 is 10.4 Å². The van der Waals surface area contributed by atoms with E-state index >= 15 is 0 Å². The van der Waals surface area contributed by atoms with E-state index in [1.807, 2.05) is 0 Å². The molecule has 0 aliphatic carbocycles. The largest absolute Gasteiger partial charge is 0.394 e. The third-order valence-electron chi connectivity index (χ3n) is 1.45. The fourth-order valence-electron chi connectivity index (χ4n) is 0.708. The molecule has 11 heavy (non-hydrogen) atoms. The number of hydrogen-bond donors (Lipinski definition) is 2. The molecular weight excluding hydrogens is 161 g/mol. The van der Waals surface area contributed by atoms with E-state index < -0.39 is 6.04 Å². The molecule has 0 radical (unpaired) electrons. The van der Waals surface area contributed by atoms with E-state index in [9.17, 15) is 4.79 Å². The molecule has 4 heteroatoms. The standard InChI is InChI=1S/C7H16NO2P/c1-2-3-4-8-6(5-9)7(10)11/h6,8-9H,2-5,11H2,1H3/t6-/m0/s1. The van der Waals surface area contributed by atoms with Crippen molar-refractivity contribution in [3.8, 4) is 0 Å². The Kier molecular flexibility index (Phi) is 6.73. The third kappa shape index (κ3) is 5.31. The van der Waals surface area contributed by atoms with E-state index in [2.05, 4.69) is 21.5 Å². The van der Waals surface area contributed by atoms with Crippen molar-refractivity contribution < 1.29 is 9.90 Å². The normalized spacial score (nSPS) is 13.0. The molecule has 0 aromatic carbocycles. The highest BCUT2D eigenvalue weighted by Gasteiger charge is 2.10. The van der Waals surface area contributed by atoms with Crippen molar-refractivity contribution >= 4 is 14.8 Å². The Morgan fingerprint density at radius 1 is 1.73 bits per heavy atom. The van der Waals surface area contributed by atoms with Crippen molar-refractivity contribution in [3.05, 3.63) is 0 Å². The molecule has 2 N–H and O–H groups in total. The summed E-state index contributed by atoms with van der Waals surface area (Å²) in [4.78, 5) is 10.7. The van der Waals surface area contributed by atoms with Crippen LogP contribution in [0.4, 0.5) is 0 Å². The Labute approximate surface area is 69.8 Å². The van der Waals surface area contributed by atoms with Crippen LogP contribution < -0.4 is 5.32 Å². The van der Waals surface area contributed by atoms with Gasteiger partial charge in [0.05, 0.1) is 12.6 Å². The van der Waals surface area contributed by atoms with Crippen molar-refractivity contribution in [3.63, 3.8) is 0 Å². The van der Waals surface area contributed by atoms with Crippen LogP contribution in [0.2, 0.25) is 0 Å². The highest BCUT2D eigenvalue weighted by molar-refractivity contribution is 7.40. The number of aliphatic hydroxyl groups is 1. The Bertz CT molecular complexity index is 119. The number of hydrogen-bond acceptors (Lipinski definition) is 3. The molecule has 0 saturated carbocycles. The Balaban J connectivity index is 3.44. The first-order valence-corrected chi connectivity index (χ1v) is 4.43. The molecule has 0 rings (SSSR count). The minimum atomic E-state index is -0.397. The minimum Gasteiger partial charge on any atom is -0.394 e. The second-order valence-electron chi connectivity index (χ2n) is 2.45. The van der Waals surface area contributed by atoms with Crippen LogP contribution >= 0.6 is 9.24 Å². The van der Waals surface area contributed by atoms with E-state index in [-0.39, 0.29) is 12.1 Å². The summed E-state index contributed by atoms with van der Waals surface area (Å²) in [6.45, 7) is 2.76. The van der Waals surface area contributed by atoms with Gasteiger partial charge in [-0.15, -0.1) is 0 Å². The lowest BCUT2D eigenvalue weighted by Crippen LogP contribution is -2.37. The summed E-state index contributed by atoms with van der Waals surface area (Å²) in [5, 5.41) is 11.6. The lowest BCUT2D eigenvalue weighted by Gasteiger charge is -2.11. The van der Waals surface area contributed by atoms with Gasteiger partial charge >= 0.3 is 0 Å². The van der Waals surface area contributed by atoms with E-state index in [4.69, 9.17) is 5.11 Å². The summed E-state index contributed by atoms with van der Waals surface area (Å²) < 4.78 is 0. The Morgan fingerprint density at radius 3 is 2.73 bits per heavy atom. The highest BCUT2D eigenvalue weighted by Crippen LogP contribution is 1.94. The van der Waals surface area contributed by atoms with Crippen molar-refractivity contribution in [1.82, 2.24) is 5.32 Å². The van der Waals surface area contributed by atoms with Gasteiger partial charge in [0, 0.05) is 0 Å². The van der Waals surface area contributed by atoms with Crippen LogP contribution in [0.5, 0.6) is 0 Å². The van der Waals surface area contributed by atoms with Crippen molar-refractivity contribution in [2.24, 2.45) is 0 Å². The van der Waals surface area contributed by atoms with Crippen molar-refractivity contribution in [1.29, 1.82) is 0 Å². The maximum atomic E-state index is 10.7. The molecule has 0 saturated heterocycles. The molecule has 0 amide bonds. The lowest BCUT2D eigenvalue weighted by molar-refractivity contribution is -0.113. The lowest BCUT2D eigenvalue weighted by atomic mass is 10.3. The molecular formula is C7H16NO2P. The maximum absolute atomic E-state index is 10.7. The van der Waals surface area contributed by atoms with Gasteiger partial charge in [0.25, 0.3) is 0 Å². The number of carbonyl (C=O) groups excluding carboxylic acids is 1. The molecule has 0 aliphatic heterocycles. The van der Waals surface area contributed by atoms with Gasteiger partial charge in [-0.2, -0.15) is 0 Å².